The Morgan fingerprint density at radius 1 is 1.33 bits per heavy atom. The van der Waals surface area contributed by atoms with Crippen LogP contribution in [0, 0.1) is 0 Å². The lowest BCUT2D eigenvalue weighted by atomic mass is 9.96. The van der Waals surface area contributed by atoms with Crippen LogP contribution in [-0.2, 0) is 17.3 Å². The third-order valence-corrected chi connectivity index (χ3v) is 5.92. The fourth-order valence-electron chi connectivity index (χ4n) is 3.83. The van der Waals surface area contributed by atoms with E-state index in [1.165, 1.54) is 5.56 Å². The van der Waals surface area contributed by atoms with Gasteiger partial charge in [-0.2, -0.15) is 5.10 Å². The molecule has 2 heterocycles. The van der Waals surface area contributed by atoms with Gasteiger partial charge in [-0.25, -0.2) is 0 Å². The largest absolute Gasteiger partial charge is 0.357 e. The van der Waals surface area contributed by atoms with E-state index in [-0.39, 0.29) is 35.3 Å². The standard InChI is InChI=1S/C21H27ClN6O.HI/c1-3-23-20(24-15-21(7-8-21)16-5-4-6-17(22)11-16)27-9-10-28(19(29)14-27)18-12-25-26(2)13-18;/h4-6,11-13H,3,7-10,14-15H2,1-2H3,(H,23,24);1H. The number of anilines is 1. The number of aromatic nitrogens is 2. The molecule has 1 aliphatic carbocycles. The molecule has 0 radical (unpaired) electrons. The van der Waals surface area contributed by atoms with Crippen LogP contribution in [0.2, 0.25) is 5.02 Å². The number of carbonyl (C=O) groups excluding carboxylic acids is 1. The Kier molecular flexibility index (Phi) is 7.28. The average Bonchev–Trinajstić information content (AvgIpc) is 3.38. The minimum absolute atomic E-state index is 0. The predicted octanol–water partition coefficient (Wildman–Crippen LogP) is 3.04. The van der Waals surface area contributed by atoms with Gasteiger partial charge in [0.1, 0.15) is 6.54 Å². The van der Waals surface area contributed by atoms with E-state index in [0.29, 0.717) is 19.6 Å². The zero-order valence-electron chi connectivity index (χ0n) is 17.3. The molecule has 1 N–H and O–H groups in total. The minimum atomic E-state index is 0. The smallest absolute Gasteiger partial charge is 0.246 e. The van der Waals surface area contributed by atoms with Crippen LogP contribution < -0.4 is 10.2 Å². The Balaban J connectivity index is 0.00000256. The highest BCUT2D eigenvalue weighted by molar-refractivity contribution is 14.0. The first-order valence-electron chi connectivity index (χ1n) is 10.1. The lowest BCUT2D eigenvalue weighted by molar-refractivity contribution is -0.120. The number of carbonyl (C=O) groups is 1. The number of nitrogens with one attached hydrogen (secondary N) is 1. The second kappa shape index (κ2) is 9.55. The van der Waals surface area contributed by atoms with Crippen molar-refractivity contribution in [3.63, 3.8) is 0 Å². The molecule has 1 aromatic carbocycles. The van der Waals surface area contributed by atoms with Crippen LogP contribution in [0.25, 0.3) is 0 Å². The van der Waals surface area contributed by atoms with Gasteiger partial charge in [0.15, 0.2) is 5.96 Å². The average molecular weight is 543 g/mol. The van der Waals surface area contributed by atoms with Gasteiger partial charge in [0, 0.05) is 43.3 Å². The summed E-state index contributed by atoms with van der Waals surface area (Å²) in [5, 5.41) is 8.29. The van der Waals surface area contributed by atoms with Crippen LogP contribution >= 0.6 is 35.6 Å². The van der Waals surface area contributed by atoms with Crippen LogP contribution in [0.5, 0.6) is 0 Å². The van der Waals surface area contributed by atoms with Crippen LogP contribution in [0.15, 0.2) is 41.7 Å². The second-order valence-corrected chi connectivity index (χ2v) is 8.24. The molecule has 9 heteroatoms. The maximum absolute atomic E-state index is 12.7. The number of hydrogen-bond donors (Lipinski definition) is 1. The van der Waals surface area contributed by atoms with Crippen LogP contribution in [0.1, 0.15) is 25.3 Å². The maximum atomic E-state index is 12.7. The predicted molar refractivity (Wildman–Crippen MR) is 131 cm³/mol. The molecule has 2 aliphatic rings. The topological polar surface area (TPSA) is 65.8 Å². The van der Waals surface area contributed by atoms with Crippen molar-refractivity contribution in [3.05, 3.63) is 47.2 Å². The van der Waals surface area contributed by atoms with E-state index in [1.54, 1.807) is 15.8 Å². The number of hydrogen-bond acceptors (Lipinski definition) is 3. The normalized spacial score (nSPS) is 18.2. The number of benzene rings is 1. The summed E-state index contributed by atoms with van der Waals surface area (Å²) in [4.78, 5) is 21.5. The van der Waals surface area contributed by atoms with Crippen molar-refractivity contribution in [2.75, 3.05) is 37.6 Å². The first-order valence-corrected chi connectivity index (χ1v) is 10.5. The SMILES string of the molecule is CCNC(=NCC1(c2cccc(Cl)c2)CC1)N1CCN(c2cnn(C)c2)C(=O)C1.I. The molecule has 1 aromatic heterocycles. The Labute approximate surface area is 199 Å². The highest BCUT2D eigenvalue weighted by Crippen LogP contribution is 2.48. The highest BCUT2D eigenvalue weighted by Gasteiger charge is 2.44. The summed E-state index contributed by atoms with van der Waals surface area (Å²) in [7, 11) is 1.85. The molecular formula is C21H28ClIN6O. The number of piperazine rings is 1. The van der Waals surface area contributed by atoms with Crippen molar-refractivity contribution < 1.29 is 4.79 Å². The Morgan fingerprint density at radius 3 is 2.73 bits per heavy atom. The molecular weight excluding hydrogens is 515 g/mol. The molecule has 30 heavy (non-hydrogen) atoms. The van der Waals surface area contributed by atoms with Gasteiger partial charge < -0.3 is 15.1 Å². The van der Waals surface area contributed by atoms with Gasteiger partial charge in [0.25, 0.3) is 0 Å². The van der Waals surface area contributed by atoms with Gasteiger partial charge >= 0.3 is 0 Å². The molecule has 1 amide bonds. The van der Waals surface area contributed by atoms with Crippen molar-refractivity contribution in [2.45, 2.75) is 25.2 Å². The molecule has 1 saturated heterocycles. The van der Waals surface area contributed by atoms with E-state index in [4.69, 9.17) is 16.6 Å². The fraction of sp³-hybridized carbons (Fsp3) is 0.476. The third kappa shape index (κ3) is 4.91. The van der Waals surface area contributed by atoms with Gasteiger partial charge in [0.2, 0.25) is 5.91 Å². The number of amides is 1. The minimum Gasteiger partial charge on any atom is -0.357 e. The quantitative estimate of drug-likeness (QED) is 0.358. The molecule has 2 aromatic rings. The third-order valence-electron chi connectivity index (χ3n) is 5.68. The fourth-order valence-corrected chi connectivity index (χ4v) is 4.02. The van der Waals surface area contributed by atoms with Crippen LogP contribution in [0.3, 0.4) is 0 Å². The molecule has 1 saturated carbocycles. The summed E-state index contributed by atoms with van der Waals surface area (Å²) in [6.45, 7) is 5.18. The van der Waals surface area contributed by atoms with Crippen molar-refractivity contribution in [1.29, 1.82) is 0 Å². The number of aliphatic imine (C=N–C) groups is 1. The summed E-state index contributed by atoms with van der Waals surface area (Å²) < 4.78 is 1.71. The second-order valence-electron chi connectivity index (χ2n) is 7.80. The first-order chi connectivity index (χ1) is 14.0. The first kappa shape index (κ1) is 22.9. The zero-order valence-corrected chi connectivity index (χ0v) is 20.4. The molecule has 162 valence electrons. The van der Waals surface area contributed by atoms with Gasteiger partial charge in [-0.15, -0.1) is 24.0 Å². The van der Waals surface area contributed by atoms with Crippen LogP contribution in [-0.4, -0.2) is 59.3 Å². The van der Waals surface area contributed by atoms with E-state index >= 15 is 0 Å². The lowest BCUT2D eigenvalue weighted by Gasteiger charge is -2.35. The molecule has 2 fully saturated rings. The Morgan fingerprint density at radius 2 is 2.13 bits per heavy atom. The van der Waals surface area contributed by atoms with Gasteiger partial charge in [-0.3, -0.25) is 14.5 Å². The Hall–Kier alpha value is -1.81. The van der Waals surface area contributed by atoms with Crippen molar-refractivity contribution in [2.24, 2.45) is 12.0 Å². The maximum Gasteiger partial charge on any atom is 0.246 e. The highest BCUT2D eigenvalue weighted by atomic mass is 127. The number of halogens is 2. The monoisotopic (exact) mass is 542 g/mol. The summed E-state index contributed by atoms with van der Waals surface area (Å²) in [5.74, 6) is 0.866. The van der Waals surface area contributed by atoms with Gasteiger partial charge in [-0.05, 0) is 37.5 Å². The zero-order chi connectivity index (χ0) is 20.4. The number of guanidine groups is 1. The Bertz CT molecular complexity index is 926. The van der Waals surface area contributed by atoms with Crippen molar-refractivity contribution in [3.8, 4) is 0 Å². The molecule has 0 spiro atoms. The summed E-state index contributed by atoms with van der Waals surface area (Å²) in [6, 6.07) is 8.09. The lowest BCUT2D eigenvalue weighted by Crippen LogP contribution is -2.55. The van der Waals surface area contributed by atoms with Crippen LogP contribution in [0.4, 0.5) is 5.69 Å². The van der Waals surface area contributed by atoms with E-state index in [0.717, 1.165) is 42.6 Å². The molecule has 0 bridgehead atoms. The molecule has 0 atom stereocenters. The molecule has 0 unspecified atom stereocenters. The van der Waals surface area contributed by atoms with E-state index in [9.17, 15) is 4.79 Å². The van der Waals surface area contributed by atoms with E-state index in [2.05, 4.69) is 16.5 Å². The summed E-state index contributed by atoms with van der Waals surface area (Å²) in [6.07, 6.45) is 5.83. The van der Waals surface area contributed by atoms with Crippen molar-refractivity contribution in [1.82, 2.24) is 20.0 Å². The molecule has 7 nitrogen and oxygen atoms in total. The summed E-state index contributed by atoms with van der Waals surface area (Å²) >= 11 is 6.19. The number of nitrogens with zero attached hydrogens (tertiary/aromatic N) is 5. The van der Waals surface area contributed by atoms with Gasteiger partial charge in [0.05, 0.1) is 18.4 Å². The molecule has 4 rings (SSSR count). The van der Waals surface area contributed by atoms with E-state index in [1.807, 2.05) is 43.3 Å². The van der Waals surface area contributed by atoms with Gasteiger partial charge in [-0.1, -0.05) is 23.7 Å². The number of rotatable bonds is 5. The number of aryl methyl sites for hydroxylation is 1. The molecule has 1 aliphatic heterocycles. The van der Waals surface area contributed by atoms with Crippen molar-refractivity contribution >= 4 is 53.1 Å². The van der Waals surface area contributed by atoms with E-state index < -0.39 is 0 Å². The summed E-state index contributed by atoms with van der Waals surface area (Å²) in [5.41, 5.74) is 2.17.